The van der Waals surface area contributed by atoms with Crippen molar-refractivity contribution in [2.24, 2.45) is 0 Å². The van der Waals surface area contributed by atoms with Gasteiger partial charge in [-0.15, -0.1) is 10.2 Å². The Hall–Kier alpha value is -3.14. The number of nitrogens with zero attached hydrogens (tertiary/aromatic N) is 5. The van der Waals surface area contributed by atoms with Gasteiger partial charge in [0.25, 0.3) is 0 Å². The second-order valence-electron chi connectivity index (χ2n) is 6.11. The van der Waals surface area contributed by atoms with Gasteiger partial charge >= 0.3 is 6.18 Å². The van der Waals surface area contributed by atoms with Gasteiger partial charge in [0.2, 0.25) is 11.7 Å². The van der Waals surface area contributed by atoms with Crippen molar-refractivity contribution in [2.45, 2.75) is 23.5 Å². The van der Waals surface area contributed by atoms with Crippen LogP contribution in [-0.4, -0.2) is 24.9 Å². The van der Waals surface area contributed by atoms with E-state index in [0.29, 0.717) is 5.16 Å². The van der Waals surface area contributed by atoms with Gasteiger partial charge in [-0.1, -0.05) is 47.3 Å². The van der Waals surface area contributed by atoms with Crippen molar-refractivity contribution >= 4 is 11.8 Å². The normalized spacial score (nSPS) is 12.8. The zero-order valence-corrected chi connectivity index (χ0v) is 15.9. The SMILES string of the molecule is C[C@@H](Sc1nncn1-c1ccccc1)c1nc(-c2cccc(C(F)(F)F)c2)no1. The molecule has 0 amide bonds. The Kier molecular flexibility index (Phi) is 5.10. The lowest BCUT2D eigenvalue weighted by Crippen LogP contribution is -2.04. The number of thioether (sulfide) groups is 1. The lowest BCUT2D eigenvalue weighted by atomic mass is 10.1. The predicted octanol–water partition coefficient (Wildman–Crippen LogP) is 5.19. The summed E-state index contributed by atoms with van der Waals surface area (Å²) in [7, 11) is 0. The third kappa shape index (κ3) is 4.16. The Balaban J connectivity index is 1.55. The summed E-state index contributed by atoms with van der Waals surface area (Å²) >= 11 is 1.35. The van der Waals surface area contributed by atoms with Crippen molar-refractivity contribution in [1.82, 2.24) is 24.9 Å². The van der Waals surface area contributed by atoms with Crippen molar-refractivity contribution in [3.8, 4) is 17.1 Å². The van der Waals surface area contributed by atoms with Crippen LogP contribution in [-0.2, 0) is 6.18 Å². The van der Waals surface area contributed by atoms with Gasteiger partial charge in [-0.05, 0) is 31.2 Å². The van der Waals surface area contributed by atoms with E-state index in [1.54, 1.807) is 6.33 Å². The summed E-state index contributed by atoms with van der Waals surface area (Å²) < 4.78 is 45.9. The zero-order chi connectivity index (χ0) is 20.4. The highest BCUT2D eigenvalue weighted by atomic mass is 32.2. The van der Waals surface area contributed by atoms with Gasteiger partial charge in [-0.3, -0.25) is 4.57 Å². The minimum atomic E-state index is -4.44. The van der Waals surface area contributed by atoms with Crippen LogP contribution in [0.3, 0.4) is 0 Å². The van der Waals surface area contributed by atoms with Crippen LogP contribution in [0.25, 0.3) is 17.1 Å². The molecule has 0 fully saturated rings. The standard InChI is InChI=1S/C19H14F3N5OS/c1-12(29-18-25-23-11-27(18)15-8-3-2-4-9-15)17-24-16(26-28-17)13-6-5-7-14(10-13)19(20,21)22/h2-12H,1H3/t12-/m1/s1. The smallest absolute Gasteiger partial charge is 0.338 e. The van der Waals surface area contributed by atoms with Crippen molar-refractivity contribution in [2.75, 3.05) is 0 Å². The number of benzene rings is 2. The molecule has 4 rings (SSSR count). The van der Waals surface area contributed by atoms with Crippen LogP contribution in [0, 0.1) is 0 Å². The van der Waals surface area contributed by atoms with Gasteiger partial charge in [-0.25, -0.2) is 0 Å². The molecule has 2 aromatic heterocycles. The highest BCUT2D eigenvalue weighted by Crippen LogP contribution is 2.35. The summed E-state index contributed by atoms with van der Waals surface area (Å²) in [6.45, 7) is 1.85. The summed E-state index contributed by atoms with van der Waals surface area (Å²) in [6.07, 6.45) is -2.83. The molecule has 0 N–H and O–H groups in total. The highest BCUT2D eigenvalue weighted by Gasteiger charge is 2.31. The number of halogens is 3. The average molecular weight is 417 g/mol. The minimum absolute atomic E-state index is 0.100. The molecule has 0 unspecified atom stereocenters. The third-order valence-corrected chi connectivity index (χ3v) is 5.11. The van der Waals surface area contributed by atoms with Crippen LogP contribution in [0.15, 0.2) is 70.6 Å². The quantitative estimate of drug-likeness (QED) is 0.416. The van der Waals surface area contributed by atoms with Crippen LogP contribution < -0.4 is 0 Å². The molecule has 1 atom stereocenters. The van der Waals surface area contributed by atoms with Crippen molar-refractivity contribution in [3.63, 3.8) is 0 Å². The fraction of sp³-hybridized carbons (Fsp3) is 0.158. The largest absolute Gasteiger partial charge is 0.416 e. The second-order valence-corrected chi connectivity index (χ2v) is 7.42. The highest BCUT2D eigenvalue weighted by molar-refractivity contribution is 7.99. The maximum absolute atomic E-state index is 12.9. The molecule has 29 heavy (non-hydrogen) atoms. The molecule has 0 saturated heterocycles. The van der Waals surface area contributed by atoms with E-state index in [1.165, 1.54) is 23.9 Å². The Morgan fingerprint density at radius 1 is 1.07 bits per heavy atom. The molecular formula is C19H14F3N5OS. The topological polar surface area (TPSA) is 69.6 Å². The summed E-state index contributed by atoms with van der Waals surface area (Å²) in [4.78, 5) is 4.26. The van der Waals surface area contributed by atoms with Crippen molar-refractivity contribution < 1.29 is 17.7 Å². The molecule has 0 spiro atoms. The summed E-state index contributed by atoms with van der Waals surface area (Å²) in [6, 6.07) is 14.4. The van der Waals surface area contributed by atoms with Crippen LogP contribution in [0.5, 0.6) is 0 Å². The zero-order valence-electron chi connectivity index (χ0n) is 15.0. The third-order valence-electron chi connectivity index (χ3n) is 4.07. The molecule has 148 valence electrons. The molecule has 6 nitrogen and oxygen atoms in total. The first-order chi connectivity index (χ1) is 13.9. The van der Waals surface area contributed by atoms with Crippen LogP contribution in [0.1, 0.15) is 23.6 Å². The minimum Gasteiger partial charge on any atom is -0.338 e. The lowest BCUT2D eigenvalue weighted by molar-refractivity contribution is -0.137. The van der Waals surface area contributed by atoms with Crippen molar-refractivity contribution in [3.05, 3.63) is 72.4 Å². The number of hydrogen-bond acceptors (Lipinski definition) is 6. The fourth-order valence-electron chi connectivity index (χ4n) is 2.63. The van der Waals surface area contributed by atoms with Gasteiger partial charge in [0.05, 0.1) is 10.8 Å². The molecule has 0 aliphatic rings. The molecular weight excluding hydrogens is 403 g/mol. The second kappa shape index (κ2) is 7.70. The number of para-hydroxylation sites is 1. The average Bonchev–Trinajstić information content (AvgIpc) is 3.38. The molecule has 10 heteroatoms. The van der Waals surface area contributed by atoms with Gasteiger partial charge in [0, 0.05) is 11.3 Å². The summed E-state index contributed by atoms with van der Waals surface area (Å²) in [5.74, 6) is 0.382. The number of hydrogen-bond donors (Lipinski definition) is 0. The Morgan fingerprint density at radius 2 is 1.86 bits per heavy atom. The molecule has 0 radical (unpaired) electrons. The molecule has 0 aliphatic carbocycles. The van der Waals surface area contributed by atoms with Gasteiger partial charge < -0.3 is 4.52 Å². The number of rotatable bonds is 5. The molecule has 0 bridgehead atoms. The fourth-order valence-corrected chi connectivity index (χ4v) is 3.50. The van der Waals surface area contributed by atoms with E-state index in [9.17, 15) is 13.2 Å². The van der Waals surface area contributed by atoms with Gasteiger partial charge in [0.1, 0.15) is 6.33 Å². The first kappa shape index (κ1) is 19.2. The Bertz CT molecular complexity index is 1110. The molecule has 2 heterocycles. The van der Waals surface area contributed by atoms with E-state index in [4.69, 9.17) is 4.52 Å². The Labute approximate surface area is 167 Å². The molecule has 0 aliphatic heterocycles. The molecule has 4 aromatic rings. The van der Waals surface area contributed by atoms with Crippen LogP contribution in [0.4, 0.5) is 13.2 Å². The van der Waals surface area contributed by atoms with Crippen LogP contribution >= 0.6 is 11.8 Å². The van der Waals surface area contributed by atoms with E-state index in [0.717, 1.165) is 17.8 Å². The molecule has 0 saturated carbocycles. The maximum Gasteiger partial charge on any atom is 0.416 e. The van der Waals surface area contributed by atoms with E-state index in [-0.39, 0.29) is 22.5 Å². The lowest BCUT2D eigenvalue weighted by Gasteiger charge is -2.08. The van der Waals surface area contributed by atoms with E-state index in [2.05, 4.69) is 20.3 Å². The van der Waals surface area contributed by atoms with Crippen molar-refractivity contribution in [1.29, 1.82) is 0 Å². The summed E-state index contributed by atoms with van der Waals surface area (Å²) in [5.41, 5.74) is 0.376. The first-order valence-electron chi connectivity index (χ1n) is 8.55. The summed E-state index contributed by atoms with van der Waals surface area (Å²) in [5, 5.41) is 12.2. The predicted molar refractivity (Wildman–Crippen MR) is 100 cm³/mol. The number of alkyl halides is 3. The van der Waals surface area contributed by atoms with E-state index < -0.39 is 11.7 Å². The van der Waals surface area contributed by atoms with E-state index in [1.807, 2.05) is 41.8 Å². The van der Waals surface area contributed by atoms with Gasteiger partial charge in [-0.2, -0.15) is 18.2 Å². The van der Waals surface area contributed by atoms with Gasteiger partial charge in [0.15, 0.2) is 5.16 Å². The number of aromatic nitrogens is 5. The van der Waals surface area contributed by atoms with E-state index >= 15 is 0 Å². The Morgan fingerprint density at radius 3 is 2.62 bits per heavy atom. The molecule has 2 aromatic carbocycles. The monoisotopic (exact) mass is 417 g/mol. The first-order valence-corrected chi connectivity index (χ1v) is 9.43. The van der Waals surface area contributed by atoms with Crippen LogP contribution in [0.2, 0.25) is 0 Å². The maximum atomic E-state index is 12.9.